The molecule has 0 saturated heterocycles. The molecule has 0 radical (unpaired) electrons. The van der Waals surface area contributed by atoms with Gasteiger partial charge in [-0.15, -0.1) is 0 Å². The Morgan fingerprint density at radius 2 is 1.65 bits per heavy atom. The minimum Gasteiger partial charge on any atom is -0.387 e. The van der Waals surface area contributed by atoms with E-state index in [0.717, 1.165) is 40.6 Å². The Morgan fingerprint density at radius 3 is 2.27 bits per heavy atom. The molecular weight excluding hydrogens is 392 g/mol. The lowest BCUT2D eigenvalue weighted by molar-refractivity contribution is -0.858. The number of fused-ring (bicyclic) bond motifs is 1. The number of nitrogens with one attached hydrogen (secondary N) is 2. The molecule has 0 fully saturated rings. The Balaban J connectivity index is 1.91. The first-order valence-electron chi connectivity index (χ1n) is 8.92. The van der Waals surface area contributed by atoms with Crippen LogP contribution in [-0.2, 0) is 13.1 Å². The number of aliphatic hydroxyl groups excluding tert-OH is 1. The molecule has 5 nitrogen and oxygen atoms in total. The summed E-state index contributed by atoms with van der Waals surface area (Å²) in [5.74, 6) is 0. The van der Waals surface area contributed by atoms with E-state index in [0.29, 0.717) is 12.2 Å². The van der Waals surface area contributed by atoms with E-state index >= 15 is 0 Å². The minimum absolute atomic E-state index is 0.368. The van der Waals surface area contributed by atoms with Crippen LogP contribution in [0.2, 0.25) is 0 Å². The molecule has 6 heteroatoms. The van der Waals surface area contributed by atoms with Crippen LogP contribution in [0.15, 0.2) is 53.0 Å². The highest BCUT2D eigenvalue weighted by atomic mass is 79.9. The number of halogens is 1. The molecule has 3 aromatic rings. The number of aromatic nitrogens is 2. The molecule has 0 aliphatic heterocycles. The van der Waals surface area contributed by atoms with Crippen LogP contribution in [0.3, 0.4) is 0 Å². The van der Waals surface area contributed by atoms with Crippen molar-refractivity contribution in [2.75, 3.05) is 20.6 Å². The zero-order valence-electron chi connectivity index (χ0n) is 15.2. The third-order valence-electron chi connectivity index (χ3n) is 4.64. The van der Waals surface area contributed by atoms with Gasteiger partial charge < -0.3 is 19.1 Å². The van der Waals surface area contributed by atoms with Gasteiger partial charge in [-0.2, -0.15) is 0 Å². The van der Waals surface area contributed by atoms with Gasteiger partial charge in [-0.05, 0) is 29.8 Å². The zero-order chi connectivity index (χ0) is 18.7. The lowest BCUT2D eigenvalue weighted by Crippen LogP contribution is -3.05. The first-order chi connectivity index (χ1) is 12.5. The van der Waals surface area contributed by atoms with Crippen molar-refractivity contribution in [1.29, 1.82) is 5.41 Å². The molecule has 0 unspecified atom stereocenters. The van der Waals surface area contributed by atoms with Gasteiger partial charge in [-0.25, -0.2) is 0 Å². The maximum absolute atomic E-state index is 10.7. The Bertz CT molecular complexity index is 927. The Kier molecular flexibility index (Phi) is 5.96. The molecule has 26 heavy (non-hydrogen) atoms. The monoisotopic (exact) mass is 417 g/mol. The molecule has 1 heterocycles. The highest BCUT2D eigenvalue weighted by Crippen LogP contribution is 2.20. The molecule has 0 bridgehead atoms. The van der Waals surface area contributed by atoms with Crippen molar-refractivity contribution in [2.24, 2.45) is 0 Å². The summed E-state index contributed by atoms with van der Waals surface area (Å²) in [6, 6.07) is 15.8. The second kappa shape index (κ2) is 8.20. The van der Waals surface area contributed by atoms with Crippen LogP contribution < -0.4 is 10.5 Å². The van der Waals surface area contributed by atoms with Gasteiger partial charge in [0.15, 0.2) is 0 Å². The zero-order valence-corrected chi connectivity index (χ0v) is 16.8. The van der Waals surface area contributed by atoms with E-state index < -0.39 is 6.10 Å². The Hall–Kier alpha value is -1.89. The second-order valence-corrected chi connectivity index (χ2v) is 7.87. The molecule has 3 N–H and O–H groups in total. The topological polar surface area (TPSA) is 58.4 Å². The molecular formula is C20H26BrN4O+. The quantitative estimate of drug-likeness (QED) is 0.540. The maximum Gasteiger partial charge on any atom is 0.203 e. The van der Waals surface area contributed by atoms with Crippen molar-refractivity contribution in [3.63, 3.8) is 0 Å². The number of hydrogen-bond acceptors (Lipinski definition) is 2. The maximum atomic E-state index is 10.7. The standard InChI is InChI=1S/C20H25BrN4O/c1-23(2)12-5-13-24-17-6-3-4-7-18(17)25(20(24)22)14-19(26)15-8-10-16(21)11-9-15/h3-4,6-11,19,22,26H,5,12-14H2,1-2H3/p+1/t19-/m1/s1. The predicted octanol–water partition coefficient (Wildman–Crippen LogP) is 1.95. The smallest absolute Gasteiger partial charge is 0.203 e. The van der Waals surface area contributed by atoms with E-state index in [9.17, 15) is 5.11 Å². The number of para-hydroxylation sites is 2. The van der Waals surface area contributed by atoms with Crippen LogP contribution in [0, 0.1) is 5.41 Å². The first kappa shape index (κ1) is 18.9. The fourth-order valence-corrected chi connectivity index (χ4v) is 3.52. The number of nitrogens with zero attached hydrogens (tertiary/aromatic N) is 2. The third-order valence-corrected chi connectivity index (χ3v) is 5.17. The van der Waals surface area contributed by atoms with Gasteiger partial charge in [-0.3, -0.25) is 5.41 Å². The van der Waals surface area contributed by atoms with Crippen molar-refractivity contribution >= 4 is 27.0 Å². The molecule has 0 spiro atoms. The van der Waals surface area contributed by atoms with Crippen molar-refractivity contribution in [3.05, 3.63) is 64.2 Å². The van der Waals surface area contributed by atoms with Gasteiger partial charge >= 0.3 is 0 Å². The summed E-state index contributed by atoms with van der Waals surface area (Å²) in [6.45, 7) is 2.24. The summed E-state index contributed by atoms with van der Waals surface area (Å²) in [7, 11) is 4.29. The van der Waals surface area contributed by atoms with Gasteiger partial charge in [0.05, 0.1) is 44.3 Å². The average Bonchev–Trinajstić information content (AvgIpc) is 2.88. The number of imidazole rings is 1. The number of aliphatic hydroxyl groups is 1. The molecule has 3 rings (SSSR count). The fourth-order valence-electron chi connectivity index (χ4n) is 3.26. The lowest BCUT2D eigenvalue weighted by atomic mass is 10.1. The molecule has 1 aromatic heterocycles. The van der Waals surface area contributed by atoms with Gasteiger partial charge in [-0.1, -0.05) is 40.2 Å². The summed E-state index contributed by atoms with van der Waals surface area (Å²) in [4.78, 5) is 1.41. The number of benzene rings is 2. The fraction of sp³-hybridized carbons (Fsp3) is 0.350. The molecule has 138 valence electrons. The molecule has 2 aromatic carbocycles. The van der Waals surface area contributed by atoms with Crippen molar-refractivity contribution in [3.8, 4) is 0 Å². The van der Waals surface area contributed by atoms with Crippen molar-refractivity contribution in [2.45, 2.75) is 25.6 Å². The minimum atomic E-state index is -0.650. The predicted molar refractivity (Wildman–Crippen MR) is 107 cm³/mol. The van der Waals surface area contributed by atoms with Crippen LogP contribution in [0.25, 0.3) is 11.0 Å². The summed E-state index contributed by atoms with van der Waals surface area (Å²) < 4.78 is 4.94. The molecule has 1 atom stereocenters. The molecule has 0 saturated carbocycles. The second-order valence-electron chi connectivity index (χ2n) is 6.95. The van der Waals surface area contributed by atoms with Crippen molar-refractivity contribution in [1.82, 2.24) is 9.13 Å². The summed E-state index contributed by atoms with van der Waals surface area (Å²) >= 11 is 3.42. The highest BCUT2D eigenvalue weighted by Gasteiger charge is 2.15. The van der Waals surface area contributed by atoms with Gasteiger partial charge in [0, 0.05) is 17.4 Å². The van der Waals surface area contributed by atoms with E-state index in [1.54, 1.807) is 0 Å². The van der Waals surface area contributed by atoms with E-state index in [-0.39, 0.29) is 0 Å². The van der Waals surface area contributed by atoms with Crippen molar-refractivity contribution < 1.29 is 10.0 Å². The van der Waals surface area contributed by atoms with Gasteiger partial charge in [0.1, 0.15) is 0 Å². The lowest BCUT2D eigenvalue weighted by Gasteiger charge is -2.13. The molecule has 0 aliphatic rings. The van der Waals surface area contributed by atoms with Gasteiger partial charge in [0.2, 0.25) is 5.62 Å². The Labute approximate surface area is 162 Å². The largest absolute Gasteiger partial charge is 0.387 e. The van der Waals surface area contributed by atoms with E-state index in [4.69, 9.17) is 5.41 Å². The summed E-state index contributed by atoms with van der Waals surface area (Å²) in [6.07, 6.45) is 0.366. The third kappa shape index (κ3) is 4.09. The SMILES string of the molecule is C[NH+](C)CCCn1c(=N)n(C[C@@H](O)c2ccc(Br)cc2)c2ccccc21. The Morgan fingerprint density at radius 1 is 1.04 bits per heavy atom. The average molecular weight is 418 g/mol. The molecule has 0 aliphatic carbocycles. The first-order valence-corrected chi connectivity index (χ1v) is 9.72. The number of aryl methyl sites for hydroxylation is 1. The molecule has 0 amide bonds. The number of quaternary nitrogens is 1. The summed E-state index contributed by atoms with van der Waals surface area (Å²) in [5.41, 5.74) is 3.34. The van der Waals surface area contributed by atoms with Crippen LogP contribution in [0.5, 0.6) is 0 Å². The van der Waals surface area contributed by atoms with Crippen LogP contribution in [-0.4, -0.2) is 34.9 Å². The van der Waals surface area contributed by atoms with Crippen LogP contribution in [0.4, 0.5) is 0 Å². The number of hydrogen-bond donors (Lipinski definition) is 3. The normalized spacial score (nSPS) is 12.8. The van der Waals surface area contributed by atoms with Gasteiger partial charge in [0.25, 0.3) is 0 Å². The van der Waals surface area contributed by atoms with E-state index in [1.165, 1.54) is 4.90 Å². The highest BCUT2D eigenvalue weighted by molar-refractivity contribution is 9.10. The number of rotatable bonds is 7. The van der Waals surface area contributed by atoms with Crippen LogP contribution >= 0.6 is 15.9 Å². The van der Waals surface area contributed by atoms with E-state index in [1.807, 2.05) is 51.6 Å². The summed E-state index contributed by atoms with van der Waals surface area (Å²) in [5, 5.41) is 19.3. The van der Waals surface area contributed by atoms with E-state index in [2.05, 4.69) is 36.1 Å². The van der Waals surface area contributed by atoms with Crippen LogP contribution in [0.1, 0.15) is 18.1 Å².